The summed E-state index contributed by atoms with van der Waals surface area (Å²) in [5, 5.41) is 12.2. The van der Waals surface area contributed by atoms with Crippen LogP contribution >= 0.6 is 0 Å². The SMILES string of the molecule is CCC(O)COC1CNC1. The van der Waals surface area contributed by atoms with Gasteiger partial charge in [-0.15, -0.1) is 0 Å². The van der Waals surface area contributed by atoms with Gasteiger partial charge >= 0.3 is 0 Å². The number of aliphatic hydroxyl groups excluding tert-OH is 1. The molecule has 1 unspecified atom stereocenters. The first-order valence-corrected chi connectivity index (χ1v) is 3.83. The molecule has 0 spiro atoms. The Hall–Kier alpha value is -0.120. The highest BCUT2D eigenvalue weighted by Crippen LogP contribution is 2.00. The van der Waals surface area contributed by atoms with Gasteiger partial charge in [0.2, 0.25) is 0 Å². The highest BCUT2D eigenvalue weighted by Gasteiger charge is 2.17. The summed E-state index contributed by atoms with van der Waals surface area (Å²) in [4.78, 5) is 0. The Morgan fingerprint density at radius 2 is 2.40 bits per heavy atom. The lowest BCUT2D eigenvalue weighted by Crippen LogP contribution is -2.49. The number of aliphatic hydroxyl groups is 1. The lowest BCUT2D eigenvalue weighted by atomic mass is 10.2. The van der Waals surface area contributed by atoms with E-state index >= 15 is 0 Å². The zero-order valence-corrected chi connectivity index (χ0v) is 6.34. The Kier molecular flexibility index (Phi) is 3.12. The molecule has 60 valence electrons. The van der Waals surface area contributed by atoms with Crippen LogP contribution < -0.4 is 5.32 Å². The zero-order valence-electron chi connectivity index (χ0n) is 6.34. The molecule has 0 amide bonds. The summed E-state index contributed by atoms with van der Waals surface area (Å²) in [6.45, 7) is 4.32. The van der Waals surface area contributed by atoms with Crippen LogP contribution in [0.1, 0.15) is 13.3 Å². The molecule has 1 atom stereocenters. The number of nitrogens with one attached hydrogen (secondary N) is 1. The molecule has 1 aliphatic heterocycles. The Balaban J connectivity index is 1.93. The van der Waals surface area contributed by atoms with Crippen molar-refractivity contribution >= 4 is 0 Å². The predicted molar refractivity (Wildman–Crippen MR) is 38.9 cm³/mol. The van der Waals surface area contributed by atoms with Crippen LogP contribution in [0.3, 0.4) is 0 Å². The Morgan fingerprint density at radius 3 is 2.80 bits per heavy atom. The second kappa shape index (κ2) is 3.91. The van der Waals surface area contributed by atoms with Crippen molar-refractivity contribution in [2.24, 2.45) is 0 Å². The average Bonchev–Trinajstić information content (AvgIpc) is 1.84. The first-order valence-electron chi connectivity index (χ1n) is 3.83. The molecule has 3 heteroatoms. The molecule has 2 N–H and O–H groups in total. The van der Waals surface area contributed by atoms with Gasteiger partial charge in [0.1, 0.15) is 0 Å². The topological polar surface area (TPSA) is 41.5 Å². The normalized spacial score (nSPS) is 22.2. The average molecular weight is 145 g/mol. The van der Waals surface area contributed by atoms with Gasteiger partial charge in [-0.25, -0.2) is 0 Å². The van der Waals surface area contributed by atoms with E-state index < -0.39 is 0 Å². The fourth-order valence-corrected chi connectivity index (χ4v) is 0.745. The van der Waals surface area contributed by atoms with Crippen molar-refractivity contribution in [3.63, 3.8) is 0 Å². The monoisotopic (exact) mass is 145 g/mol. The first kappa shape index (κ1) is 7.98. The number of rotatable bonds is 4. The Bertz CT molecular complexity index is 88.9. The second-order valence-corrected chi connectivity index (χ2v) is 2.68. The molecular formula is C7H15NO2. The van der Waals surface area contributed by atoms with Gasteiger partial charge in [0.15, 0.2) is 0 Å². The van der Waals surface area contributed by atoms with Crippen molar-refractivity contribution in [3.8, 4) is 0 Å². The molecule has 1 fully saturated rings. The highest BCUT2D eigenvalue weighted by molar-refractivity contribution is 4.75. The summed E-state index contributed by atoms with van der Waals surface area (Å²) in [6, 6.07) is 0. The van der Waals surface area contributed by atoms with E-state index in [2.05, 4.69) is 5.32 Å². The van der Waals surface area contributed by atoms with Crippen LogP contribution in [0.25, 0.3) is 0 Å². The van der Waals surface area contributed by atoms with Crippen molar-refractivity contribution < 1.29 is 9.84 Å². The summed E-state index contributed by atoms with van der Waals surface area (Å²) < 4.78 is 5.32. The van der Waals surface area contributed by atoms with Crippen LogP contribution in [0, 0.1) is 0 Å². The van der Waals surface area contributed by atoms with E-state index in [0.717, 1.165) is 19.5 Å². The van der Waals surface area contributed by atoms with E-state index in [-0.39, 0.29) is 6.10 Å². The van der Waals surface area contributed by atoms with Gasteiger partial charge in [-0.1, -0.05) is 6.92 Å². The van der Waals surface area contributed by atoms with E-state index in [0.29, 0.717) is 12.7 Å². The van der Waals surface area contributed by atoms with Crippen molar-refractivity contribution in [2.75, 3.05) is 19.7 Å². The second-order valence-electron chi connectivity index (χ2n) is 2.68. The molecule has 1 rings (SSSR count). The third-order valence-electron chi connectivity index (χ3n) is 1.74. The Morgan fingerprint density at radius 1 is 1.70 bits per heavy atom. The summed E-state index contributed by atoms with van der Waals surface area (Å²) in [5.74, 6) is 0. The maximum Gasteiger partial charge on any atom is 0.0824 e. The zero-order chi connectivity index (χ0) is 7.40. The van der Waals surface area contributed by atoms with Gasteiger partial charge in [-0.2, -0.15) is 0 Å². The van der Waals surface area contributed by atoms with Crippen LogP contribution in [-0.2, 0) is 4.74 Å². The van der Waals surface area contributed by atoms with Crippen LogP contribution in [0.2, 0.25) is 0 Å². The van der Waals surface area contributed by atoms with E-state index in [1.165, 1.54) is 0 Å². The molecule has 0 aromatic rings. The lowest BCUT2D eigenvalue weighted by Gasteiger charge is -2.27. The summed E-state index contributed by atoms with van der Waals surface area (Å²) >= 11 is 0. The van der Waals surface area contributed by atoms with Gasteiger partial charge in [-0.3, -0.25) is 0 Å². The molecular weight excluding hydrogens is 130 g/mol. The van der Waals surface area contributed by atoms with Crippen molar-refractivity contribution in [1.82, 2.24) is 5.32 Å². The van der Waals surface area contributed by atoms with Gasteiger partial charge in [-0.05, 0) is 6.42 Å². The molecule has 0 saturated carbocycles. The number of hydrogen-bond acceptors (Lipinski definition) is 3. The van der Waals surface area contributed by atoms with Crippen molar-refractivity contribution in [1.29, 1.82) is 0 Å². The maximum atomic E-state index is 9.08. The standard InChI is InChI=1S/C7H15NO2/c1-2-6(9)5-10-7-3-8-4-7/h6-9H,2-5H2,1H3. The minimum atomic E-state index is -0.277. The Labute approximate surface area is 61.4 Å². The summed E-state index contributed by atoms with van der Waals surface area (Å²) in [6.07, 6.45) is 0.849. The molecule has 1 saturated heterocycles. The third-order valence-corrected chi connectivity index (χ3v) is 1.74. The largest absolute Gasteiger partial charge is 0.391 e. The molecule has 1 aliphatic rings. The molecule has 0 bridgehead atoms. The van der Waals surface area contributed by atoms with E-state index in [1.807, 2.05) is 6.92 Å². The summed E-state index contributed by atoms with van der Waals surface area (Å²) in [5.41, 5.74) is 0. The fraction of sp³-hybridized carbons (Fsp3) is 1.00. The van der Waals surface area contributed by atoms with Crippen LogP contribution in [0.4, 0.5) is 0 Å². The van der Waals surface area contributed by atoms with Crippen LogP contribution in [0.5, 0.6) is 0 Å². The van der Waals surface area contributed by atoms with E-state index in [4.69, 9.17) is 9.84 Å². The van der Waals surface area contributed by atoms with Gasteiger partial charge < -0.3 is 15.2 Å². The lowest BCUT2D eigenvalue weighted by molar-refractivity contribution is -0.0307. The highest BCUT2D eigenvalue weighted by atomic mass is 16.5. The number of ether oxygens (including phenoxy) is 1. The third kappa shape index (κ3) is 2.25. The minimum Gasteiger partial charge on any atom is -0.391 e. The molecule has 0 aromatic carbocycles. The predicted octanol–water partition coefficient (Wildman–Crippen LogP) is -0.254. The summed E-state index contributed by atoms with van der Waals surface area (Å²) in [7, 11) is 0. The molecule has 0 aliphatic carbocycles. The van der Waals surface area contributed by atoms with E-state index in [9.17, 15) is 0 Å². The number of hydrogen-bond donors (Lipinski definition) is 2. The first-order chi connectivity index (χ1) is 4.83. The fourth-order valence-electron chi connectivity index (χ4n) is 0.745. The smallest absolute Gasteiger partial charge is 0.0824 e. The van der Waals surface area contributed by atoms with Gasteiger partial charge in [0, 0.05) is 13.1 Å². The quantitative estimate of drug-likeness (QED) is 0.573. The van der Waals surface area contributed by atoms with Crippen molar-refractivity contribution in [2.45, 2.75) is 25.6 Å². The molecule has 3 nitrogen and oxygen atoms in total. The van der Waals surface area contributed by atoms with E-state index in [1.54, 1.807) is 0 Å². The van der Waals surface area contributed by atoms with Crippen LogP contribution in [-0.4, -0.2) is 37.0 Å². The minimum absolute atomic E-state index is 0.277. The maximum absolute atomic E-state index is 9.08. The van der Waals surface area contributed by atoms with Crippen LogP contribution in [0.15, 0.2) is 0 Å². The molecule has 0 aromatic heterocycles. The van der Waals surface area contributed by atoms with Gasteiger partial charge in [0.25, 0.3) is 0 Å². The molecule has 10 heavy (non-hydrogen) atoms. The molecule has 0 radical (unpaired) electrons. The van der Waals surface area contributed by atoms with Gasteiger partial charge in [0.05, 0.1) is 18.8 Å². The van der Waals surface area contributed by atoms with Crippen molar-refractivity contribution in [3.05, 3.63) is 0 Å². The molecule has 1 heterocycles.